The Balaban J connectivity index is 1.80. The van der Waals surface area contributed by atoms with Crippen LogP contribution in [0.15, 0.2) is 28.7 Å². The molecule has 3 nitrogen and oxygen atoms in total. The number of halogens is 2. The Hall–Kier alpha value is -1.20. The molecule has 0 N–H and O–H groups in total. The predicted molar refractivity (Wildman–Crippen MR) is 86.2 cm³/mol. The van der Waals surface area contributed by atoms with Gasteiger partial charge in [-0.2, -0.15) is 0 Å². The largest absolute Gasteiger partial charge is 0.384 e. The van der Waals surface area contributed by atoms with Crippen LogP contribution in [-0.2, 0) is 4.74 Å². The van der Waals surface area contributed by atoms with Gasteiger partial charge in [-0.25, -0.2) is 9.37 Å². The molecule has 1 aromatic heterocycles. The second kappa shape index (κ2) is 6.28. The number of pyridine rings is 1. The number of hydrogen-bond acceptors (Lipinski definition) is 3. The average Bonchev–Trinajstić information content (AvgIpc) is 2.49. The van der Waals surface area contributed by atoms with Crippen LogP contribution in [0.5, 0.6) is 0 Å². The number of anilines is 1. The molecular weight excluding hydrogens is 335 g/mol. The lowest BCUT2D eigenvalue weighted by molar-refractivity contribution is 0.139. The molecule has 0 spiro atoms. The number of methoxy groups -OCH3 is 1. The van der Waals surface area contributed by atoms with E-state index < -0.39 is 0 Å². The first-order valence-electron chi connectivity index (χ1n) is 7.17. The molecule has 1 aliphatic rings. The van der Waals surface area contributed by atoms with E-state index in [1.54, 1.807) is 13.2 Å². The van der Waals surface area contributed by atoms with Gasteiger partial charge in [0.2, 0.25) is 0 Å². The number of hydrogen-bond donors (Lipinski definition) is 0. The first-order chi connectivity index (χ1) is 10.2. The maximum Gasteiger partial charge on any atom is 0.139 e. The smallest absolute Gasteiger partial charge is 0.139 e. The highest BCUT2D eigenvalue weighted by molar-refractivity contribution is 9.10. The molecule has 0 amide bonds. The van der Waals surface area contributed by atoms with Crippen LogP contribution in [0.1, 0.15) is 12.8 Å². The zero-order chi connectivity index (χ0) is 14.8. The van der Waals surface area contributed by atoms with Crippen LogP contribution in [-0.4, -0.2) is 31.8 Å². The third-order valence-corrected chi connectivity index (χ3v) is 4.67. The molecule has 1 aliphatic heterocycles. The molecule has 1 aromatic carbocycles. The summed E-state index contributed by atoms with van der Waals surface area (Å²) >= 11 is 3.21. The van der Waals surface area contributed by atoms with Crippen molar-refractivity contribution in [3.8, 4) is 0 Å². The first-order valence-corrected chi connectivity index (χ1v) is 7.96. The fourth-order valence-electron chi connectivity index (χ4n) is 2.85. The number of nitrogens with zero attached hydrogens (tertiary/aromatic N) is 2. The van der Waals surface area contributed by atoms with E-state index in [4.69, 9.17) is 4.74 Å². The van der Waals surface area contributed by atoms with Gasteiger partial charge in [0.1, 0.15) is 11.6 Å². The quantitative estimate of drug-likeness (QED) is 0.834. The van der Waals surface area contributed by atoms with Crippen molar-refractivity contribution >= 4 is 32.7 Å². The number of piperidine rings is 1. The fourth-order valence-corrected chi connectivity index (χ4v) is 3.21. The summed E-state index contributed by atoms with van der Waals surface area (Å²) in [7, 11) is 1.75. The fraction of sp³-hybridized carbons (Fsp3) is 0.438. The monoisotopic (exact) mass is 352 g/mol. The van der Waals surface area contributed by atoms with Gasteiger partial charge in [-0.15, -0.1) is 0 Å². The summed E-state index contributed by atoms with van der Waals surface area (Å²) in [5.41, 5.74) is 0.701. The topological polar surface area (TPSA) is 25.4 Å². The molecule has 2 heterocycles. The van der Waals surface area contributed by atoms with E-state index in [-0.39, 0.29) is 5.82 Å². The van der Waals surface area contributed by atoms with E-state index in [0.29, 0.717) is 15.9 Å². The van der Waals surface area contributed by atoms with Crippen molar-refractivity contribution in [1.29, 1.82) is 0 Å². The molecule has 112 valence electrons. The summed E-state index contributed by atoms with van der Waals surface area (Å²) in [6, 6.07) is 7.28. The molecule has 0 saturated carbocycles. The van der Waals surface area contributed by atoms with Crippen molar-refractivity contribution in [1.82, 2.24) is 4.98 Å². The molecule has 0 bridgehead atoms. The number of benzene rings is 1. The molecule has 0 aliphatic carbocycles. The highest BCUT2D eigenvalue weighted by atomic mass is 79.9. The highest BCUT2D eigenvalue weighted by Gasteiger charge is 2.20. The van der Waals surface area contributed by atoms with Crippen molar-refractivity contribution in [2.75, 3.05) is 31.7 Å². The van der Waals surface area contributed by atoms with Crippen molar-refractivity contribution in [3.05, 3.63) is 34.6 Å². The van der Waals surface area contributed by atoms with E-state index in [0.717, 1.165) is 43.7 Å². The van der Waals surface area contributed by atoms with Crippen LogP contribution in [0, 0.1) is 11.7 Å². The lowest BCUT2D eigenvalue weighted by atomic mass is 9.98. The summed E-state index contributed by atoms with van der Waals surface area (Å²) in [6.45, 7) is 2.79. The summed E-state index contributed by atoms with van der Waals surface area (Å²) < 4.78 is 19.3. The summed E-state index contributed by atoms with van der Waals surface area (Å²) in [5, 5.41) is 0.946. The molecule has 0 atom stereocenters. The van der Waals surface area contributed by atoms with Gasteiger partial charge < -0.3 is 9.64 Å². The Morgan fingerprint density at radius 3 is 2.81 bits per heavy atom. The van der Waals surface area contributed by atoms with Gasteiger partial charge in [0.15, 0.2) is 0 Å². The third kappa shape index (κ3) is 3.19. The van der Waals surface area contributed by atoms with Gasteiger partial charge in [-0.05, 0) is 52.9 Å². The molecule has 1 saturated heterocycles. The van der Waals surface area contributed by atoms with Gasteiger partial charge in [0.05, 0.1) is 9.99 Å². The number of ether oxygens (including phenoxy) is 1. The molecule has 0 radical (unpaired) electrons. The maximum atomic E-state index is 13.6. The molecule has 0 unspecified atom stereocenters. The SMILES string of the molecule is COCC1CCN(c2ccc3cc(Br)c(F)cc3n2)CC1. The zero-order valence-electron chi connectivity index (χ0n) is 12.0. The van der Waals surface area contributed by atoms with Crippen LogP contribution in [0.25, 0.3) is 10.9 Å². The number of fused-ring (bicyclic) bond motifs is 1. The summed E-state index contributed by atoms with van der Waals surface area (Å²) in [4.78, 5) is 6.88. The van der Waals surface area contributed by atoms with Gasteiger partial charge in [-0.1, -0.05) is 0 Å². The van der Waals surface area contributed by atoms with E-state index in [2.05, 4.69) is 25.8 Å². The first kappa shape index (κ1) is 14.7. The Morgan fingerprint density at radius 1 is 1.33 bits per heavy atom. The summed E-state index contributed by atoms with van der Waals surface area (Å²) in [5.74, 6) is 1.30. The van der Waals surface area contributed by atoms with Crippen molar-refractivity contribution in [2.45, 2.75) is 12.8 Å². The lowest BCUT2D eigenvalue weighted by Gasteiger charge is -2.32. The second-order valence-electron chi connectivity index (χ2n) is 5.51. The van der Waals surface area contributed by atoms with Crippen molar-refractivity contribution in [3.63, 3.8) is 0 Å². The van der Waals surface area contributed by atoms with Crippen LogP contribution in [0.2, 0.25) is 0 Å². The van der Waals surface area contributed by atoms with Crippen LogP contribution >= 0.6 is 15.9 Å². The predicted octanol–water partition coefficient (Wildman–Crippen LogP) is 4.00. The Bertz CT molecular complexity index is 641. The maximum absolute atomic E-state index is 13.6. The third-order valence-electron chi connectivity index (χ3n) is 4.06. The van der Waals surface area contributed by atoms with Crippen molar-refractivity contribution in [2.24, 2.45) is 5.92 Å². The minimum absolute atomic E-state index is 0.272. The van der Waals surface area contributed by atoms with E-state index in [9.17, 15) is 4.39 Å². The van der Waals surface area contributed by atoms with Gasteiger partial charge in [0.25, 0.3) is 0 Å². The lowest BCUT2D eigenvalue weighted by Crippen LogP contribution is -2.35. The van der Waals surface area contributed by atoms with E-state index in [1.807, 2.05) is 12.1 Å². The molecule has 1 fully saturated rings. The number of aromatic nitrogens is 1. The van der Waals surface area contributed by atoms with Crippen molar-refractivity contribution < 1.29 is 9.13 Å². The Morgan fingerprint density at radius 2 is 2.10 bits per heavy atom. The second-order valence-corrected chi connectivity index (χ2v) is 6.37. The molecule has 5 heteroatoms. The van der Waals surface area contributed by atoms with Crippen LogP contribution in [0.3, 0.4) is 0 Å². The van der Waals surface area contributed by atoms with Crippen LogP contribution in [0.4, 0.5) is 10.2 Å². The summed E-state index contributed by atoms with van der Waals surface area (Å²) in [6.07, 6.45) is 2.23. The molecule has 2 aromatic rings. The van der Waals surface area contributed by atoms with E-state index in [1.165, 1.54) is 6.07 Å². The number of rotatable bonds is 3. The molecule has 3 rings (SSSR count). The molecular formula is C16H18BrFN2O. The average molecular weight is 353 g/mol. The van der Waals surface area contributed by atoms with Gasteiger partial charge >= 0.3 is 0 Å². The Kier molecular flexibility index (Phi) is 4.40. The van der Waals surface area contributed by atoms with Gasteiger partial charge in [0, 0.05) is 38.3 Å². The normalized spacial score (nSPS) is 16.6. The molecule has 21 heavy (non-hydrogen) atoms. The van der Waals surface area contributed by atoms with E-state index >= 15 is 0 Å². The van der Waals surface area contributed by atoms with Crippen LogP contribution < -0.4 is 4.90 Å². The van der Waals surface area contributed by atoms with Gasteiger partial charge in [-0.3, -0.25) is 0 Å². The standard InChI is InChI=1S/C16H18BrFN2O/c1-21-10-11-4-6-20(7-5-11)16-3-2-12-8-13(17)14(18)9-15(12)19-16/h2-3,8-9,11H,4-7,10H2,1H3. The zero-order valence-corrected chi connectivity index (χ0v) is 13.6. The highest BCUT2D eigenvalue weighted by Crippen LogP contribution is 2.26. The minimum atomic E-state index is -0.272. The minimum Gasteiger partial charge on any atom is -0.384 e. The Labute approximate surface area is 132 Å².